The second-order valence-corrected chi connectivity index (χ2v) is 4.79. The van der Waals surface area contributed by atoms with Gasteiger partial charge in [-0.15, -0.1) is 0 Å². The quantitative estimate of drug-likeness (QED) is 0.788. The Hall–Kier alpha value is -1.21. The number of hydrogen-bond donors (Lipinski definition) is 2. The molecule has 0 bridgehead atoms. The molecule has 7 heteroatoms. The van der Waals surface area contributed by atoms with Gasteiger partial charge in [-0.25, -0.2) is 13.2 Å². The van der Waals surface area contributed by atoms with Gasteiger partial charge in [0.2, 0.25) is 0 Å². The zero-order chi connectivity index (χ0) is 14.4. The first kappa shape index (κ1) is 15.8. The maximum absolute atomic E-state index is 13.4. The summed E-state index contributed by atoms with van der Waals surface area (Å²) in [5, 5.41) is 11.3. The molecule has 0 aliphatic rings. The smallest absolute Gasteiger partial charge is 0.254 e. The number of carbonyl (C=O) groups is 1. The Morgan fingerprint density at radius 3 is 2.53 bits per heavy atom. The lowest BCUT2D eigenvalue weighted by Gasteiger charge is -2.17. The van der Waals surface area contributed by atoms with Gasteiger partial charge < -0.3 is 10.4 Å². The van der Waals surface area contributed by atoms with Gasteiger partial charge in [-0.1, -0.05) is 0 Å². The summed E-state index contributed by atoms with van der Waals surface area (Å²) < 4.78 is 39.1. The molecule has 0 aliphatic carbocycles. The van der Waals surface area contributed by atoms with Crippen molar-refractivity contribution in [2.45, 2.75) is 12.5 Å². The predicted molar refractivity (Wildman–Crippen MR) is 67.7 cm³/mol. The Morgan fingerprint density at radius 1 is 1.32 bits per heavy atom. The average Bonchev–Trinajstić information content (AvgIpc) is 2.34. The maximum Gasteiger partial charge on any atom is 0.254 e. The minimum absolute atomic E-state index is 0.133. The van der Waals surface area contributed by atoms with Gasteiger partial charge in [0.25, 0.3) is 5.91 Å². The minimum atomic E-state index is -1.34. The molecule has 0 fully saturated rings. The van der Waals surface area contributed by atoms with Crippen molar-refractivity contribution in [3.05, 3.63) is 35.1 Å². The summed E-state index contributed by atoms with van der Waals surface area (Å²) in [5.74, 6) is -4.05. The van der Waals surface area contributed by atoms with Crippen LogP contribution < -0.4 is 5.32 Å². The highest BCUT2D eigenvalue weighted by Crippen LogP contribution is 2.14. The fourth-order valence-electron chi connectivity index (χ4n) is 1.51. The topological polar surface area (TPSA) is 49.3 Å². The molecule has 0 spiro atoms. The Morgan fingerprint density at radius 2 is 1.95 bits per heavy atom. The third-order valence-electron chi connectivity index (χ3n) is 2.44. The van der Waals surface area contributed by atoms with E-state index in [0.717, 1.165) is 0 Å². The SMILES string of the molecule is CSCC(CCO)NC(=O)c1cc(F)c(F)cc1F. The van der Waals surface area contributed by atoms with E-state index < -0.39 is 28.9 Å². The first-order chi connectivity index (χ1) is 8.99. The molecule has 106 valence electrons. The fraction of sp³-hybridized carbons (Fsp3) is 0.417. The monoisotopic (exact) mass is 293 g/mol. The van der Waals surface area contributed by atoms with E-state index in [1.165, 1.54) is 11.8 Å². The van der Waals surface area contributed by atoms with E-state index in [0.29, 0.717) is 24.3 Å². The molecule has 19 heavy (non-hydrogen) atoms. The highest BCUT2D eigenvalue weighted by Gasteiger charge is 2.19. The molecule has 1 amide bonds. The standard InChI is InChI=1S/C12H14F3NO2S/c1-19-6-7(2-3-17)16-12(18)8-4-10(14)11(15)5-9(8)13/h4-5,7,17H,2-3,6H2,1H3,(H,16,18). The van der Waals surface area contributed by atoms with E-state index >= 15 is 0 Å². The lowest BCUT2D eigenvalue weighted by Crippen LogP contribution is -2.37. The highest BCUT2D eigenvalue weighted by molar-refractivity contribution is 7.98. The van der Waals surface area contributed by atoms with E-state index in [1.54, 1.807) is 0 Å². The molecule has 1 aromatic carbocycles. The Bertz CT molecular complexity index is 451. The van der Waals surface area contributed by atoms with Crippen molar-refractivity contribution in [1.29, 1.82) is 0 Å². The van der Waals surface area contributed by atoms with Gasteiger partial charge in [0.15, 0.2) is 11.6 Å². The third kappa shape index (κ3) is 4.43. The Balaban J connectivity index is 2.84. The van der Waals surface area contributed by atoms with Crippen molar-refractivity contribution >= 4 is 17.7 Å². The van der Waals surface area contributed by atoms with Crippen LogP contribution in [-0.4, -0.2) is 35.7 Å². The van der Waals surface area contributed by atoms with Crippen LogP contribution in [0.3, 0.4) is 0 Å². The van der Waals surface area contributed by atoms with Crippen LogP contribution in [0.4, 0.5) is 13.2 Å². The van der Waals surface area contributed by atoms with Crippen LogP contribution in [0.15, 0.2) is 12.1 Å². The Labute approximate surface area is 113 Å². The van der Waals surface area contributed by atoms with Crippen LogP contribution in [0, 0.1) is 17.5 Å². The van der Waals surface area contributed by atoms with Crippen molar-refractivity contribution in [2.75, 3.05) is 18.6 Å². The number of nitrogens with one attached hydrogen (secondary N) is 1. The number of rotatable bonds is 6. The van der Waals surface area contributed by atoms with Crippen molar-refractivity contribution in [3.8, 4) is 0 Å². The molecular formula is C12H14F3NO2S. The number of thioether (sulfide) groups is 1. The number of carbonyl (C=O) groups excluding carboxylic acids is 1. The van der Waals surface area contributed by atoms with Crippen LogP contribution in [-0.2, 0) is 0 Å². The van der Waals surface area contributed by atoms with Gasteiger partial charge >= 0.3 is 0 Å². The molecule has 0 saturated heterocycles. The molecule has 0 aliphatic heterocycles. The van der Waals surface area contributed by atoms with Gasteiger partial charge in [-0.05, 0) is 18.7 Å². The van der Waals surface area contributed by atoms with E-state index in [9.17, 15) is 18.0 Å². The molecule has 0 radical (unpaired) electrons. The van der Waals surface area contributed by atoms with Crippen molar-refractivity contribution < 1.29 is 23.1 Å². The van der Waals surface area contributed by atoms with Gasteiger partial charge in [-0.3, -0.25) is 4.79 Å². The average molecular weight is 293 g/mol. The van der Waals surface area contributed by atoms with E-state index in [1.807, 2.05) is 6.26 Å². The minimum Gasteiger partial charge on any atom is -0.396 e. The maximum atomic E-state index is 13.4. The van der Waals surface area contributed by atoms with Crippen LogP contribution >= 0.6 is 11.8 Å². The lowest BCUT2D eigenvalue weighted by molar-refractivity contribution is 0.0930. The second-order valence-electron chi connectivity index (χ2n) is 3.88. The van der Waals surface area contributed by atoms with Crippen LogP contribution in [0.25, 0.3) is 0 Å². The van der Waals surface area contributed by atoms with Crippen LogP contribution in [0.2, 0.25) is 0 Å². The molecule has 0 saturated carbocycles. The highest BCUT2D eigenvalue weighted by atomic mass is 32.2. The summed E-state index contributed by atoms with van der Waals surface area (Å²) in [4.78, 5) is 11.8. The summed E-state index contributed by atoms with van der Waals surface area (Å²) >= 11 is 1.44. The number of aliphatic hydroxyl groups is 1. The van der Waals surface area contributed by atoms with Gasteiger partial charge in [0.05, 0.1) is 5.56 Å². The van der Waals surface area contributed by atoms with Gasteiger partial charge in [0, 0.05) is 24.5 Å². The van der Waals surface area contributed by atoms with E-state index in [2.05, 4.69) is 5.32 Å². The molecular weight excluding hydrogens is 279 g/mol. The largest absolute Gasteiger partial charge is 0.396 e. The number of halogens is 3. The summed E-state index contributed by atoms with van der Waals surface area (Å²) in [6, 6.07) is 0.495. The molecule has 3 nitrogen and oxygen atoms in total. The second kappa shape index (κ2) is 7.40. The summed E-state index contributed by atoms with van der Waals surface area (Å²) in [7, 11) is 0. The van der Waals surface area contributed by atoms with Crippen molar-refractivity contribution in [1.82, 2.24) is 5.32 Å². The number of hydrogen-bond acceptors (Lipinski definition) is 3. The molecule has 1 unspecified atom stereocenters. The number of aliphatic hydroxyl groups excluding tert-OH is 1. The molecule has 1 atom stereocenters. The summed E-state index contributed by atoms with van der Waals surface area (Å²) in [6.07, 6.45) is 2.12. The fourth-order valence-corrected chi connectivity index (χ4v) is 2.17. The molecule has 0 aromatic heterocycles. The van der Waals surface area contributed by atoms with E-state index in [4.69, 9.17) is 5.11 Å². The van der Waals surface area contributed by atoms with Gasteiger partial charge in [-0.2, -0.15) is 11.8 Å². The molecule has 1 aromatic rings. The third-order valence-corrected chi connectivity index (χ3v) is 3.17. The predicted octanol–water partition coefficient (Wildman–Crippen LogP) is 1.95. The summed E-state index contributed by atoms with van der Waals surface area (Å²) in [5.41, 5.74) is -0.553. The van der Waals surface area contributed by atoms with E-state index in [-0.39, 0.29) is 12.6 Å². The number of amides is 1. The summed E-state index contributed by atoms with van der Waals surface area (Å²) in [6.45, 7) is -0.133. The molecule has 0 heterocycles. The molecule has 1 rings (SSSR count). The lowest BCUT2D eigenvalue weighted by atomic mass is 10.1. The first-order valence-corrected chi connectivity index (χ1v) is 6.94. The number of benzene rings is 1. The normalized spacial score (nSPS) is 12.3. The van der Waals surface area contributed by atoms with Crippen molar-refractivity contribution in [3.63, 3.8) is 0 Å². The zero-order valence-corrected chi connectivity index (χ0v) is 11.1. The zero-order valence-electron chi connectivity index (χ0n) is 10.3. The first-order valence-electron chi connectivity index (χ1n) is 5.54. The van der Waals surface area contributed by atoms with Gasteiger partial charge in [0.1, 0.15) is 5.82 Å². The Kier molecular flexibility index (Phi) is 6.17. The molecule has 2 N–H and O–H groups in total. The van der Waals surface area contributed by atoms with Crippen LogP contribution in [0.5, 0.6) is 0 Å². The van der Waals surface area contributed by atoms with Crippen molar-refractivity contribution in [2.24, 2.45) is 0 Å². The van der Waals surface area contributed by atoms with Crippen LogP contribution in [0.1, 0.15) is 16.8 Å².